The zero-order valence-electron chi connectivity index (χ0n) is 20.8. The molecule has 1 aliphatic heterocycles. The fraction of sp³-hybridized carbons (Fsp3) is 0.517. The molecule has 6 nitrogen and oxygen atoms in total. The smallest absolute Gasteiger partial charge is 0.289 e. The minimum absolute atomic E-state index is 0.145. The lowest BCUT2D eigenvalue weighted by Gasteiger charge is -2.40. The number of carbonyl (C=O) groups is 1. The van der Waals surface area contributed by atoms with E-state index in [1.54, 1.807) is 24.2 Å². The number of benzene rings is 1. The Hall–Kier alpha value is -2.70. The number of rotatable bonds is 7. The van der Waals surface area contributed by atoms with Crippen LogP contribution in [-0.2, 0) is 12.0 Å². The number of fused-ring (bicyclic) bond motifs is 1. The summed E-state index contributed by atoms with van der Waals surface area (Å²) in [5.74, 6) is 1.01. The van der Waals surface area contributed by atoms with Gasteiger partial charge in [0.25, 0.3) is 5.91 Å². The summed E-state index contributed by atoms with van der Waals surface area (Å²) in [5, 5.41) is 12.3. The number of aromatic nitrogens is 1. The van der Waals surface area contributed by atoms with Gasteiger partial charge in [0, 0.05) is 56.9 Å². The molecule has 1 amide bonds. The molecule has 0 unspecified atom stereocenters. The molecule has 1 saturated heterocycles. The van der Waals surface area contributed by atoms with Crippen molar-refractivity contribution in [3.8, 4) is 0 Å². The van der Waals surface area contributed by atoms with E-state index in [0.29, 0.717) is 24.3 Å². The Balaban J connectivity index is 1.21. The molecule has 0 atom stereocenters. The van der Waals surface area contributed by atoms with Gasteiger partial charge in [0.1, 0.15) is 5.58 Å². The fourth-order valence-corrected chi connectivity index (χ4v) is 5.69. The zero-order chi connectivity index (χ0) is 24.3. The van der Waals surface area contributed by atoms with Gasteiger partial charge in [-0.2, -0.15) is 0 Å². The van der Waals surface area contributed by atoms with Crippen molar-refractivity contribution in [2.75, 3.05) is 33.2 Å². The van der Waals surface area contributed by atoms with E-state index in [4.69, 9.17) is 4.42 Å². The van der Waals surface area contributed by atoms with Crippen LogP contribution in [0.4, 0.5) is 0 Å². The van der Waals surface area contributed by atoms with Crippen molar-refractivity contribution in [1.82, 2.24) is 14.8 Å². The molecule has 2 aromatic heterocycles. The largest absolute Gasteiger partial charge is 0.451 e. The van der Waals surface area contributed by atoms with Crippen molar-refractivity contribution in [3.63, 3.8) is 0 Å². The molecule has 1 N–H and O–H groups in total. The highest BCUT2D eigenvalue weighted by molar-refractivity contribution is 5.96. The minimum atomic E-state index is -0.821. The molecule has 1 aliphatic carbocycles. The van der Waals surface area contributed by atoms with Crippen molar-refractivity contribution in [2.24, 2.45) is 5.92 Å². The Kier molecular flexibility index (Phi) is 7.21. The molecule has 6 heteroatoms. The van der Waals surface area contributed by atoms with Crippen LogP contribution in [0.5, 0.6) is 0 Å². The van der Waals surface area contributed by atoms with Gasteiger partial charge in [-0.15, -0.1) is 0 Å². The van der Waals surface area contributed by atoms with Gasteiger partial charge in [0.15, 0.2) is 5.76 Å². The quantitative estimate of drug-likeness (QED) is 0.520. The number of amides is 1. The van der Waals surface area contributed by atoms with Crippen molar-refractivity contribution in [2.45, 2.75) is 57.0 Å². The van der Waals surface area contributed by atoms with Crippen LogP contribution in [0.1, 0.15) is 66.8 Å². The molecule has 2 fully saturated rings. The third kappa shape index (κ3) is 5.60. The molecule has 35 heavy (non-hydrogen) atoms. The maximum absolute atomic E-state index is 12.9. The molecule has 2 aliphatic rings. The monoisotopic (exact) mass is 475 g/mol. The minimum Gasteiger partial charge on any atom is -0.451 e. The zero-order valence-corrected chi connectivity index (χ0v) is 20.8. The number of furan rings is 1. The van der Waals surface area contributed by atoms with E-state index in [9.17, 15) is 9.90 Å². The van der Waals surface area contributed by atoms with Crippen LogP contribution < -0.4 is 0 Å². The van der Waals surface area contributed by atoms with E-state index in [1.165, 1.54) is 38.6 Å². The number of carbonyl (C=O) groups excluding carboxylic acids is 1. The van der Waals surface area contributed by atoms with Crippen LogP contribution in [0.3, 0.4) is 0 Å². The lowest BCUT2D eigenvalue weighted by Crippen LogP contribution is -2.44. The molecule has 0 bridgehead atoms. The summed E-state index contributed by atoms with van der Waals surface area (Å²) in [6.45, 7) is 3.61. The highest BCUT2D eigenvalue weighted by Crippen LogP contribution is 2.36. The van der Waals surface area contributed by atoms with Crippen LogP contribution in [-0.4, -0.2) is 59.0 Å². The fourth-order valence-electron chi connectivity index (χ4n) is 5.69. The van der Waals surface area contributed by atoms with E-state index in [-0.39, 0.29) is 5.91 Å². The molecule has 5 rings (SSSR count). The topological polar surface area (TPSA) is 69.8 Å². The summed E-state index contributed by atoms with van der Waals surface area (Å²) >= 11 is 0. The van der Waals surface area contributed by atoms with Gasteiger partial charge in [-0.3, -0.25) is 9.78 Å². The predicted molar refractivity (Wildman–Crippen MR) is 137 cm³/mol. The van der Waals surface area contributed by atoms with Gasteiger partial charge >= 0.3 is 0 Å². The Labute approximate surface area is 207 Å². The summed E-state index contributed by atoms with van der Waals surface area (Å²) in [5.41, 5.74) is 1.73. The summed E-state index contributed by atoms with van der Waals surface area (Å²) in [6.07, 6.45) is 10.8. The van der Waals surface area contributed by atoms with E-state index >= 15 is 0 Å². The standard InChI is InChI=1S/C29H37N3O3/c1-31(16-12-25-9-5-6-15-30-25)28(33)27-20-23-19-24(10-11-26(23)35-27)29(34)13-17-32(18-14-29)21-22-7-3-2-4-8-22/h5-6,9-11,15,19-20,22,34H,2-4,7-8,12-14,16-18,21H2,1H3. The molecule has 1 aromatic carbocycles. The SMILES string of the molecule is CN(CCc1ccccn1)C(=O)c1cc2cc(C3(O)CCN(CC4CCCCC4)CC3)ccc2o1. The molecular formula is C29H37N3O3. The maximum atomic E-state index is 12.9. The Morgan fingerprint density at radius 3 is 2.69 bits per heavy atom. The molecular weight excluding hydrogens is 438 g/mol. The van der Waals surface area contributed by atoms with Crippen molar-refractivity contribution in [1.29, 1.82) is 0 Å². The van der Waals surface area contributed by atoms with Crippen LogP contribution in [0.15, 0.2) is 53.1 Å². The molecule has 3 aromatic rings. The second-order valence-electron chi connectivity index (χ2n) is 10.5. The summed E-state index contributed by atoms with van der Waals surface area (Å²) in [6, 6.07) is 13.5. The second kappa shape index (κ2) is 10.5. The first kappa shape index (κ1) is 24.0. The normalized spacial score (nSPS) is 19.1. The first-order valence-electron chi connectivity index (χ1n) is 13.1. The van der Waals surface area contributed by atoms with Gasteiger partial charge in [-0.1, -0.05) is 31.4 Å². The summed E-state index contributed by atoms with van der Waals surface area (Å²) in [7, 11) is 1.79. The maximum Gasteiger partial charge on any atom is 0.289 e. The van der Waals surface area contributed by atoms with Crippen LogP contribution in [0, 0.1) is 5.92 Å². The number of likely N-dealkylation sites (tertiary alicyclic amines) is 1. The lowest BCUT2D eigenvalue weighted by molar-refractivity contribution is -0.0296. The number of hydrogen-bond acceptors (Lipinski definition) is 5. The number of hydrogen-bond donors (Lipinski definition) is 1. The van der Waals surface area contributed by atoms with Crippen LogP contribution >= 0.6 is 0 Å². The van der Waals surface area contributed by atoms with Gasteiger partial charge in [0.05, 0.1) is 5.60 Å². The predicted octanol–water partition coefficient (Wildman–Crippen LogP) is 5.01. The average molecular weight is 476 g/mol. The Morgan fingerprint density at radius 2 is 1.94 bits per heavy atom. The number of piperidine rings is 1. The van der Waals surface area contributed by atoms with Gasteiger partial charge in [-0.25, -0.2) is 0 Å². The van der Waals surface area contributed by atoms with Gasteiger partial charge < -0.3 is 19.3 Å². The summed E-state index contributed by atoms with van der Waals surface area (Å²) < 4.78 is 5.88. The molecule has 186 valence electrons. The van der Waals surface area contributed by atoms with Crippen molar-refractivity contribution in [3.05, 3.63) is 65.7 Å². The molecule has 0 radical (unpaired) electrons. The number of likely N-dealkylation sites (N-methyl/N-ethyl adjacent to an activating group) is 1. The number of pyridine rings is 1. The Bertz CT molecular complexity index is 1130. The summed E-state index contributed by atoms with van der Waals surface area (Å²) in [4.78, 5) is 21.5. The highest BCUT2D eigenvalue weighted by atomic mass is 16.3. The second-order valence-corrected chi connectivity index (χ2v) is 10.5. The highest BCUT2D eigenvalue weighted by Gasteiger charge is 2.35. The van der Waals surface area contributed by atoms with Crippen molar-refractivity contribution >= 4 is 16.9 Å². The first-order valence-corrected chi connectivity index (χ1v) is 13.1. The Morgan fingerprint density at radius 1 is 1.14 bits per heavy atom. The first-order chi connectivity index (χ1) is 17.0. The van der Waals surface area contributed by atoms with E-state index in [2.05, 4.69) is 9.88 Å². The average Bonchev–Trinajstić information content (AvgIpc) is 3.33. The molecule has 3 heterocycles. The van der Waals surface area contributed by atoms with E-state index < -0.39 is 5.60 Å². The molecule has 1 saturated carbocycles. The van der Waals surface area contributed by atoms with Crippen LogP contribution in [0.2, 0.25) is 0 Å². The van der Waals surface area contributed by atoms with Crippen LogP contribution in [0.25, 0.3) is 11.0 Å². The third-order valence-electron chi connectivity index (χ3n) is 7.96. The molecule has 0 spiro atoms. The van der Waals surface area contributed by atoms with Crippen molar-refractivity contribution < 1.29 is 14.3 Å². The third-order valence-corrected chi connectivity index (χ3v) is 7.96. The van der Waals surface area contributed by atoms with E-state index in [0.717, 1.165) is 48.5 Å². The lowest BCUT2D eigenvalue weighted by atomic mass is 9.83. The van der Waals surface area contributed by atoms with Gasteiger partial charge in [0.2, 0.25) is 0 Å². The van der Waals surface area contributed by atoms with E-state index in [1.807, 2.05) is 36.4 Å². The number of aliphatic hydroxyl groups is 1. The number of nitrogens with zero attached hydrogens (tertiary/aromatic N) is 3. The van der Waals surface area contributed by atoms with Gasteiger partial charge in [-0.05, 0) is 67.5 Å².